The van der Waals surface area contributed by atoms with E-state index in [1.54, 1.807) is 11.8 Å². The molecule has 6 nitrogen and oxygen atoms in total. The molecule has 0 bridgehead atoms. The van der Waals surface area contributed by atoms with Gasteiger partial charge in [-0.2, -0.15) is 0 Å². The molecule has 2 aromatic rings. The minimum Gasteiger partial charge on any atom is -0.355 e. The number of benzene rings is 2. The second-order valence-corrected chi connectivity index (χ2v) is 8.18. The second-order valence-electron chi connectivity index (χ2n) is 7.33. The van der Waals surface area contributed by atoms with Crippen molar-refractivity contribution in [2.45, 2.75) is 17.7 Å². The first kappa shape index (κ1) is 22.2. The van der Waals surface area contributed by atoms with Crippen molar-refractivity contribution in [3.8, 4) is 0 Å². The van der Waals surface area contributed by atoms with Gasteiger partial charge in [0, 0.05) is 37.6 Å². The highest BCUT2D eigenvalue weighted by Crippen LogP contribution is 2.24. The molecule has 3 rings (SSSR count). The van der Waals surface area contributed by atoms with Crippen LogP contribution in [0.1, 0.15) is 12.0 Å². The van der Waals surface area contributed by atoms with Gasteiger partial charge in [-0.15, -0.1) is 11.8 Å². The van der Waals surface area contributed by atoms with Gasteiger partial charge in [-0.05, 0) is 36.8 Å². The lowest BCUT2D eigenvalue weighted by Crippen LogP contribution is -2.41. The molecule has 2 aromatic carbocycles. The normalized spacial score (nSPS) is 14.8. The predicted molar refractivity (Wildman–Crippen MR) is 123 cm³/mol. The third-order valence-electron chi connectivity index (χ3n) is 5.17. The van der Waals surface area contributed by atoms with E-state index in [1.165, 1.54) is 5.56 Å². The van der Waals surface area contributed by atoms with Crippen molar-refractivity contribution in [2.24, 2.45) is 0 Å². The first-order valence-electron chi connectivity index (χ1n) is 10.4. The minimum absolute atomic E-state index is 0.0396. The van der Waals surface area contributed by atoms with Crippen LogP contribution in [0, 0.1) is 0 Å². The zero-order valence-corrected chi connectivity index (χ0v) is 18.3. The van der Waals surface area contributed by atoms with E-state index in [0.29, 0.717) is 32.7 Å². The first-order chi connectivity index (χ1) is 14.7. The van der Waals surface area contributed by atoms with Crippen LogP contribution in [0.2, 0.25) is 0 Å². The third kappa shape index (κ3) is 6.78. The molecule has 1 fully saturated rings. The zero-order valence-electron chi connectivity index (χ0n) is 17.5. The molecule has 0 unspecified atom stereocenters. The summed E-state index contributed by atoms with van der Waals surface area (Å²) >= 11 is 1.61. The number of nitrogens with zero attached hydrogens (tertiary/aromatic N) is 2. The van der Waals surface area contributed by atoms with Gasteiger partial charge in [-0.1, -0.05) is 42.5 Å². The molecule has 1 saturated heterocycles. The highest BCUT2D eigenvalue weighted by Gasteiger charge is 2.21. The van der Waals surface area contributed by atoms with E-state index in [0.717, 1.165) is 30.0 Å². The average Bonchev–Trinajstić information content (AvgIpc) is 3.00. The van der Waals surface area contributed by atoms with Gasteiger partial charge in [0.2, 0.25) is 5.91 Å². The Labute approximate surface area is 183 Å². The molecule has 7 heteroatoms. The lowest BCUT2D eigenvalue weighted by atomic mass is 10.1. The SMILES string of the molecule is CSc1ccccc1NC(=O)N1CCCN(CC(=O)NCCc2ccccc2)CC1. The van der Waals surface area contributed by atoms with Crippen LogP contribution in [0.15, 0.2) is 59.5 Å². The van der Waals surface area contributed by atoms with E-state index < -0.39 is 0 Å². The number of rotatable bonds is 7. The van der Waals surface area contributed by atoms with Crippen LogP contribution in [0.25, 0.3) is 0 Å². The van der Waals surface area contributed by atoms with Crippen molar-refractivity contribution < 1.29 is 9.59 Å². The van der Waals surface area contributed by atoms with Gasteiger partial charge in [0.25, 0.3) is 0 Å². The van der Waals surface area contributed by atoms with E-state index in [4.69, 9.17) is 0 Å². The van der Waals surface area contributed by atoms with Crippen molar-refractivity contribution in [1.82, 2.24) is 15.1 Å². The Morgan fingerprint density at radius 1 is 0.967 bits per heavy atom. The van der Waals surface area contributed by atoms with Gasteiger partial charge in [-0.3, -0.25) is 9.69 Å². The van der Waals surface area contributed by atoms with Crippen LogP contribution in [0.4, 0.5) is 10.5 Å². The summed E-state index contributed by atoms with van der Waals surface area (Å²) in [6.07, 6.45) is 3.69. The molecular weight excluding hydrogens is 396 g/mol. The quantitative estimate of drug-likeness (QED) is 0.667. The molecule has 1 heterocycles. The van der Waals surface area contributed by atoms with Gasteiger partial charge in [0.05, 0.1) is 12.2 Å². The number of urea groups is 1. The average molecular weight is 427 g/mol. The van der Waals surface area contributed by atoms with Crippen LogP contribution >= 0.6 is 11.8 Å². The predicted octanol–water partition coefficient (Wildman–Crippen LogP) is 3.31. The molecule has 2 N–H and O–H groups in total. The summed E-state index contributed by atoms with van der Waals surface area (Å²) in [5, 5.41) is 6.03. The van der Waals surface area contributed by atoms with Crippen LogP contribution in [-0.4, -0.2) is 67.3 Å². The van der Waals surface area contributed by atoms with E-state index >= 15 is 0 Å². The van der Waals surface area contributed by atoms with Crippen LogP contribution < -0.4 is 10.6 Å². The number of carbonyl (C=O) groups is 2. The Morgan fingerprint density at radius 2 is 1.73 bits per heavy atom. The maximum absolute atomic E-state index is 12.7. The number of hydrogen-bond acceptors (Lipinski definition) is 4. The Balaban J connectivity index is 1.41. The molecule has 1 aliphatic heterocycles. The topological polar surface area (TPSA) is 64.7 Å². The van der Waals surface area contributed by atoms with Gasteiger partial charge in [0.15, 0.2) is 0 Å². The summed E-state index contributed by atoms with van der Waals surface area (Å²) in [4.78, 5) is 30.0. The number of thioether (sulfide) groups is 1. The summed E-state index contributed by atoms with van der Waals surface area (Å²) in [6, 6.07) is 17.9. The summed E-state index contributed by atoms with van der Waals surface area (Å²) in [7, 11) is 0. The number of carbonyl (C=O) groups excluding carboxylic acids is 2. The molecule has 30 heavy (non-hydrogen) atoms. The van der Waals surface area contributed by atoms with Crippen molar-refractivity contribution in [3.63, 3.8) is 0 Å². The summed E-state index contributed by atoms with van der Waals surface area (Å²) in [5.41, 5.74) is 2.06. The molecule has 1 aliphatic rings. The maximum Gasteiger partial charge on any atom is 0.321 e. The van der Waals surface area contributed by atoms with Crippen LogP contribution in [-0.2, 0) is 11.2 Å². The largest absolute Gasteiger partial charge is 0.355 e. The highest BCUT2D eigenvalue weighted by atomic mass is 32.2. The number of para-hydroxylation sites is 1. The molecular formula is C23H30N4O2S. The van der Waals surface area contributed by atoms with Crippen molar-refractivity contribution >= 4 is 29.4 Å². The lowest BCUT2D eigenvalue weighted by molar-refractivity contribution is -0.122. The zero-order chi connectivity index (χ0) is 21.2. The minimum atomic E-state index is -0.0781. The van der Waals surface area contributed by atoms with Crippen LogP contribution in [0.5, 0.6) is 0 Å². The van der Waals surface area contributed by atoms with Gasteiger partial charge in [-0.25, -0.2) is 4.79 Å². The first-order valence-corrected chi connectivity index (χ1v) is 11.6. The molecule has 160 valence electrons. The van der Waals surface area contributed by atoms with Crippen molar-refractivity contribution in [3.05, 3.63) is 60.2 Å². The molecule has 0 saturated carbocycles. The molecule has 0 aromatic heterocycles. The fourth-order valence-corrected chi connectivity index (χ4v) is 4.08. The van der Waals surface area contributed by atoms with E-state index in [1.807, 2.05) is 53.6 Å². The highest BCUT2D eigenvalue weighted by molar-refractivity contribution is 7.98. The van der Waals surface area contributed by atoms with Crippen molar-refractivity contribution in [2.75, 3.05) is 50.8 Å². The summed E-state index contributed by atoms with van der Waals surface area (Å²) < 4.78 is 0. The number of hydrogen-bond donors (Lipinski definition) is 2. The van der Waals surface area contributed by atoms with Crippen LogP contribution in [0.3, 0.4) is 0 Å². The lowest BCUT2D eigenvalue weighted by Gasteiger charge is -2.22. The number of nitrogens with one attached hydrogen (secondary N) is 2. The summed E-state index contributed by atoms with van der Waals surface area (Å²) in [5.74, 6) is 0.0396. The fraction of sp³-hybridized carbons (Fsp3) is 0.391. The third-order valence-corrected chi connectivity index (χ3v) is 5.97. The molecule has 0 radical (unpaired) electrons. The van der Waals surface area contributed by atoms with Gasteiger partial charge >= 0.3 is 6.03 Å². The molecule has 0 atom stereocenters. The maximum atomic E-state index is 12.7. The Hall–Kier alpha value is -2.51. The summed E-state index contributed by atoms with van der Waals surface area (Å²) in [6.45, 7) is 3.84. The van der Waals surface area contributed by atoms with E-state index in [2.05, 4.69) is 27.7 Å². The smallest absolute Gasteiger partial charge is 0.321 e. The molecule has 0 spiro atoms. The van der Waals surface area contributed by atoms with E-state index in [-0.39, 0.29) is 11.9 Å². The molecule has 0 aliphatic carbocycles. The Bertz CT molecular complexity index is 831. The monoisotopic (exact) mass is 426 g/mol. The second kappa shape index (κ2) is 11.6. The van der Waals surface area contributed by atoms with Crippen molar-refractivity contribution in [1.29, 1.82) is 0 Å². The molecule has 3 amide bonds. The van der Waals surface area contributed by atoms with E-state index in [9.17, 15) is 9.59 Å². The van der Waals surface area contributed by atoms with Gasteiger partial charge in [0.1, 0.15) is 0 Å². The number of amides is 3. The Morgan fingerprint density at radius 3 is 2.53 bits per heavy atom. The number of anilines is 1. The van der Waals surface area contributed by atoms with Gasteiger partial charge < -0.3 is 15.5 Å². The fourth-order valence-electron chi connectivity index (χ4n) is 3.52. The standard InChI is InChI=1S/C23H30N4O2S/c1-30-21-11-6-5-10-20(21)25-23(29)27-15-7-14-26(16-17-27)18-22(28)24-13-12-19-8-3-2-4-9-19/h2-6,8-11H,7,12-18H2,1H3,(H,24,28)(H,25,29). The Kier molecular flexibility index (Phi) is 8.59.